The van der Waals surface area contributed by atoms with Crippen molar-refractivity contribution in [2.75, 3.05) is 0 Å². The van der Waals surface area contributed by atoms with E-state index in [0.717, 1.165) is 27.8 Å². The van der Waals surface area contributed by atoms with Crippen molar-refractivity contribution in [1.82, 2.24) is 0 Å². The third-order valence-corrected chi connectivity index (χ3v) is 11.2. The quantitative estimate of drug-likeness (QED) is 0.192. The maximum absolute atomic E-state index is 10.0. The molecule has 0 aliphatic heterocycles. The molecule has 2 heterocycles. The fraction of sp³-hybridized carbons (Fsp3) is 0. The van der Waals surface area contributed by atoms with Crippen molar-refractivity contribution in [1.29, 1.82) is 5.26 Å². The molecule has 2 aromatic heterocycles. The van der Waals surface area contributed by atoms with E-state index in [-0.39, 0.29) is 0 Å². The molecule has 9 aromatic rings. The van der Waals surface area contributed by atoms with Gasteiger partial charge in [0.2, 0.25) is 0 Å². The lowest BCUT2D eigenvalue weighted by Gasteiger charge is -2.14. The van der Waals surface area contributed by atoms with Gasteiger partial charge >= 0.3 is 0 Å². The number of nitrogens with zero attached hydrogens (tertiary/aromatic N) is 1. The number of fused-ring (bicyclic) bond motifs is 6. The maximum Gasteiger partial charge on any atom is 0.0992 e. The van der Waals surface area contributed by atoms with Gasteiger partial charge in [-0.1, -0.05) is 97.1 Å². The van der Waals surface area contributed by atoms with Gasteiger partial charge in [-0.15, -0.1) is 22.7 Å². The molecule has 7 aromatic carbocycles. The molecule has 9 rings (SSSR count). The van der Waals surface area contributed by atoms with Crippen LogP contribution in [0.25, 0.3) is 84.9 Å². The summed E-state index contributed by atoms with van der Waals surface area (Å²) in [6.45, 7) is 0. The van der Waals surface area contributed by atoms with E-state index in [4.69, 9.17) is 0 Å². The van der Waals surface area contributed by atoms with E-state index < -0.39 is 0 Å². The lowest BCUT2D eigenvalue weighted by atomic mass is 9.90. The molecule has 3 heteroatoms. The summed E-state index contributed by atoms with van der Waals surface area (Å²) in [6.07, 6.45) is 0. The lowest BCUT2D eigenvalue weighted by molar-refractivity contribution is 1.48. The van der Waals surface area contributed by atoms with Gasteiger partial charge in [-0.05, 0) is 99.1 Å². The van der Waals surface area contributed by atoms with Crippen LogP contribution in [0.4, 0.5) is 0 Å². The van der Waals surface area contributed by atoms with E-state index in [1.54, 1.807) is 0 Å². The van der Waals surface area contributed by atoms with Crippen LogP contribution in [0.2, 0.25) is 0 Å². The predicted molar refractivity (Wildman–Crippen MR) is 199 cm³/mol. The van der Waals surface area contributed by atoms with E-state index in [1.807, 2.05) is 53.0 Å². The Balaban J connectivity index is 1.29. The zero-order valence-corrected chi connectivity index (χ0v) is 26.3. The summed E-state index contributed by atoms with van der Waals surface area (Å²) >= 11 is 3.70. The summed E-state index contributed by atoms with van der Waals surface area (Å²) < 4.78 is 5.19. The number of thiophene rings is 2. The Labute approximate surface area is 274 Å². The molecule has 0 aliphatic carbocycles. The molecule has 214 valence electrons. The minimum Gasteiger partial charge on any atom is -0.192 e. The molecule has 0 aliphatic rings. The first-order valence-corrected chi connectivity index (χ1v) is 16.9. The molecule has 0 spiro atoms. The standard InChI is InChI=1S/C43H25NS2/c44-26-27-19-30(28-9-2-1-3-10-28)21-31(20-27)33-22-32(29-17-18-38-36-11-4-6-15-40(36)45-42(38)25-29)23-34(24-33)35-13-8-14-39-37-12-5-7-16-41(37)46-43(35)39/h1-25H. The van der Waals surface area contributed by atoms with Crippen LogP contribution in [0.1, 0.15) is 5.56 Å². The third kappa shape index (κ3) is 4.51. The van der Waals surface area contributed by atoms with Gasteiger partial charge in [-0.3, -0.25) is 0 Å². The number of rotatable bonds is 4. The number of nitriles is 1. The fourth-order valence-corrected chi connectivity index (χ4v) is 9.04. The third-order valence-electron chi connectivity index (χ3n) is 8.86. The molecule has 0 bridgehead atoms. The highest BCUT2D eigenvalue weighted by Crippen LogP contribution is 2.43. The molecular formula is C43H25NS2. The first-order chi connectivity index (χ1) is 22.7. The van der Waals surface area contributed by atoms with Crippen LogP contribution in [-0.2, 0) is 0 Å². The van der Waals surface area contributed by atoms with E-state index in [9.17, 15) is 5.26 Å². The van der Waals surface area contributed by atoms with Gasteiger partial charge in [-0.25, -0.2) is 0 Å². The molecule has 0 amide bonds. The van der Waals surface area contributed by atoms with Crippen molar-refractivity contribution < 1.29 is 0 Å². The zero-order chi connectivity index (χ0) is 30.6. The summed E-state index contributed by atoms with van der Waals surface area (Å²) in [6, 6.07) is 56.7. The highest BCUT2D eigenvalue weighted by Gasteiger charge is 2.15. The van der Waals surface area contributed by atoms with Crippen LogP contribution >= 0.6 is 22.7 Å². The van der Waals surface area contributed by atoms with Crippen LogP contribution < -0.4 is 0 Å². The van der Waals surface area contributed by atoms with Crippen LogP contribution in [0.15, 0.2) is 152 Å². The van der Waals surface area contributed by atoms with Crippen molar-refractivity contribution in [3.05, 3.63) is 157 Å². The van der Waals surface area contributed by atoms with E-state index in [2.05, 4.69) is 127 Å². The minimum atomic E-state index is 0.654. The van der Waals surface area contributed by atoms with Gasteiger partial charge < -0.3 is 0 Å². The fourth-order valence-electron chi connectivity index (χ4n) is 6.65. The Bertz CT molecular complexity index is 2650. The first kappa shape index (κ1) is 26.8. The van der Waals surface area contributed by atoms with E-state index >= 15 is 0 Å². The largest absolute Gasteiger partial charge is 0.192 e. The highest BCUT2D eigenvalue weighted by atomic mass is 32.1. The SMILES string of the molecule is N#Cc1cc(-c2ccccc2)cc(-c2cc(-c3ccc4c(c3)sc3ccccc34)cc(-c3cccc4c3sc3ccccc34)c2)c1. The summed E-state index contributed by atoms with van der Waals surface area (Å²) in [7, 11) is 0. The van der Waals surface area contributed by atoms with E-state index in [1.165, 1.54) is 57.0 Å². The average Bonchev–Trinajstić information content (AvgIpc) is 3.69. The van der Waals surface area contributed by atoms with Gasteiger partial charge in [0, 0.05) is 40.3 Å². The molecule has 46 heavy (non-hydrogen) atoms. The Kier molecular flexibility index (Phi) is 6.31. The Hall–Kier alpha value is -5.53. The van der Waals surface area contributed by atoms with Gasteiger partial charge in [-0.2, -0.15) is 5.26 Å². The normalized spacial score (nSPS) is 11.5. The van der Waals surface area contributed by atoms with Crippen LogP contribution in [0, 0.1) is 11.3 Å². The van der Waals surface area contributed by atoms with E-state index in [0.29, 0.717) is 5.56 Å². The first-order valence-electron chi connectivity index (χ1n) is 15.3. The molecule has 0 saturated heterocycles. The topological polar surface area (TPSA) is 23.8 Å². The van der Waals surface area contributed by atoms with Crippen LogP contribution in [0.5, 0.6) is 0 Å². The zero-order valence-electron chi connectivity index (χ0n) is 24.7. The van der Waals surface area contributed by atoms with Crippen molar-refractivity contribution in [3.8, 4) is 50.6 Å². The summed E-state index contributed by atoms with van der Waals surface area (Å²) in [5.41, 5.74) is 9.67. The Morgan fingerprint density at radius 3 is 1.70 bits per heavy atom. The van der Waals surface area contributed by atoms with Crippen LogP contribution in [0.3, 0.4) is 0 Å². The molecule has 0 atom stereocenters. The highest BCUT2D eigenvalue weighted by molar-refractivity contribution is 7.26. The molecule has 0 fully saturated rings. The maximum atomic E-state index is 10.0. The summed E-state index contributed by atoms with van der Waals surface area (Å²) in [5.74, 6) is 0. The predicted octanol–water partition coefficient (Wildman–Crippen LogP) is 13.0. The Morgan fingerprint density at radius 1 is 0.370 bits per heavy atom. The van der Waals surface area contributed by atoms with Gasteiger partial charge in [0.25, 0.3) is 0 Å². The van der Waals surface area contributed by atoms with Gasteiger partial charge in [0.05, 0.1) is 11.6 Å². The lowest BCUT2D eigenvalue weighted by Crippen LogP contribution is -1.89. The molecule has 0 N–H and O–H groups in total. The van der Waals surface area contributed by atoms with Crippen molar-refractivity contribution >= 4 is 63.0 Å². The number of hydrogen-bond acceptors (Lipinski definition) is 3. The minimum absolute atomic E-state index is 0.654. The van der Waals surface area contributed by atoms with Gasteiger partial charge in [0.15, 0.2) is 0 Å². The molecule has 0 saturated carbocycles. The second-order valence-electron chi connectivity index (χ2n) is 11.7. The van der Waals surface area contributed by atoms with Crippen molar-refractivity contribution in [2.24, 2.45) is 0 Å². The van der Waals surface area contributed by atoms with Crippen molar-refractivity contribution in [2.45, 2.75) is 0 Å². The molecule has 0 unspecified atom stereocenters. The molecular weight excluding hydrogens is 595 g/mol. The number of benzene rings is 7. The monoisotopic (exact) mass is 619 g/mol. The number of hydrogen-bond donors (Lipinski definition) is 0. The summed E-state index contributed by atoms with van der Waals surface area (Å²) in [4.78, 5) is 0. The average molecular weight is 620 g/mol. The summed E-state index contributed by atoms with van der Waals surface area (Å²) in [5, 5.41) is 15.2. The van der Waals surface area contributed by atoms with Crippen LogP contribution in [-0.4, -0.2) is 0 Å². The molecule has 1 nitrogen and oxygen atoms in total. The molecule has 0 radical (unpaired) electrons. The second kappa shape index (κ2) is 10.8. The van der Waals surface area contributed by atoms with Gasteiger partial charge in [0.1, 0.15) is 0 Å². The second-order valence-corrected chi connectivity index (χ2v) is 13.8. The smallest absolute Gasteiger partial charge is 0.0992 e. The Morgan fingerprint density at radius 2 is 0.935 bits per heavy atom. The van der Waals surface area contributed by atoms with Crippen molar-refractivity contribution in [3.63, 3.8) is 0 Å².